The first-order valence-corrected chi connectivity index (χ1v) is 13.5. The van der Waals surface area contributed by atoms with Crippen molar-refractivity contribution in [3.8, 4) is 11.4 Å². The highest BCUT2D eigenvalue weighted by Crippen LogP contribution is 2.49. The van der Waals surface area contributed by atoms with E-state index in [9.17, 15) is 5.11 Å². The molecule has 0 amide bonds. The van der Waals surface area contributed by atoms with Crippen LogP contribution in [0.15, 0.2) is 76.5 Å². The minimum Gasteiger partial charge on any atom is -0.497 e. The Hall–Kier alpha value is -3.56. The number of hydrogen-bond donors (Lipinski definition) is 1. The molecule has 0 unspecified atom stereocenters. The number of tetrazole rings is 1. The maximum Gasteiger partial charge on any atom is 0.175 e. The number of nitrogens with zero attached hydrogens (tertiary/aromatic N) is 6. The molecule has 4 aromatic rings. The van der Waals surface area contributed by atoms with Gasteiger partial charge in [-0.05, 0) is 80.1 Å². The van der Waals surface area contributed by atoms with Gasteiger partial charge >= 0.3 is 0 Å². The van der Waals surface area contributed by atoms with E-state index in [1.807, 2.05) is 24.3 Å². The molecular weight excluding hydrogens is 484 g/mol. The summed E-state index contributed by atoms with van der Waals surface area (Å²) in [6.07, 6.45) is 0.507. The number of aliphatic hydroxyl groups excluding tert-OH is 1. The quantitative estimate of drug-likeness (QED) is 0.311. The molecule has 1 aliphatic rings. The molecule has 0 saturated heterocycles. The van der Waals surface area contributed by atoms with Crippen molar-refractivity contribution >= 4 is 28.8 Å². The molecule has 0 radical (unpaired) electrons. The van der Waals surface area contributed by atoms with Gasteiger partial charge in [0.2, 0.25) is 0 Å². The number of ether oxygens (including phenoxy) is 1. The fraction of sp³-hybridized carbons (Fsp3) is 0.321. The summed E-state index contributed by atoms with van der Waals surface area (Å²) in [4.78, 5) is 8.50. The monoisotopic (exact) mass is 516 g/mol. The molecule has 0 aliphatic carbocycles. The number of hydrogen-bond acceptors (Lipinski definition) is 8. The zero-order valence-electron chi connectivity index (χ0n) is 21.4. The summed E-state index contributed by atoms with van der Waals surface area (Å²) in [5.74, 6) is 1.38. The minimum absolute atomic E-state index is 0.485. The molecule has 8 nitrogen and oxygen atoms in total. The van der Waals surface area contributed by atoms with Gasteiger partial charge in [0.25, 0.3) is 0 Å². The summed E-state index contributed by atoms with van der Waals surface area (Å²) in [5, 5.41) is 24.0. The third-order valence-electron chi connectivity index (χ3n) is 6.59. The zero-order chi connectivity index (χ0) is 25.8. The molecule has 0 saturated carbocycles. The highest BCUT2D eigenvalue weighted by molar-refractivity contribution is 7.99. The molecule has 1 N–H and O–H groups in total. The smallest absolute Gasteiger partial charge is 0.175 e. The van der Waals surface area contributed by atoms with Crippen LogP contribution >= 0.6 is 11.8 Å². The first-order valence-electron chi connectivity index (χ1n) is 12.6. The first kappa shape index (κ1) is 25.1. The largest absolute Gasteiger partial charge is 0.497 e. The standard InChI is InChI=1S/C28H32N6O2S/c1-4-32(5-2)21-12-16-27-25(18-21)33(24-8-6-7-9-26(24)37-27)19-22(35)13-17-28-29-31-34(30-28)20-10-14-23(36-3)15-11-20/h6-12,14-16,18,22,35H,4-5,13,17,19H2,1-3H3/t22-/m1/s1. The van der Waals surface area contributed by atoms with Crippen molar-refractivity contribution in [2.24, 2.45) is 0 Å². The molecule has 192 valence electrons. The van der Waals surface area contributed by atoms with Crippen molar-refractivity contribution in [1.29, 1.82) is 0 Å². The van der Waals surface area contributed by atoms with E-state index >= 15 is 0 Å². The second-order valence-corrected chi connectivity index (χ2v) is 9.97. The van der Waals surface area contributed by atoms with Crippen LogP contribution in [-0.4, -0.2) is 58.2 Å². The number of aromatic nitrogens is 4. The predicted molar refractivity (Wildman–Crippen MR) is 148 cm³/mol. The van der Waals surface area contributed by atoms with Crippen molar-refractivity contribution < 1.29 is 9.84 Å². The number of aliphatic hydroxyl groups is 1. The van der Waals surface area contributed by atoms with Gasteiger partial charge < -0.3 is 19.6 Å². The number of anilines is 3. The van der Waals surface area contributed by atoms with Crippen molar-refractivity contribution in [3.63, 3.8) is 0 Å². The average molecular weight is 517 g/mol. The molecular formula is C28H32N6O2S. The molecule has 5 rings (SSSR count). The Morgan fingerprint density at radius 1 is 0.973 bits per heavy atom. The van der Waals surface area contributed by atoms with Crippen molar-refractivity contribution in [3.05, 3.63) is 72.6 Å². The lowest BCUT2D eigenvalue weighted by atomic mass is 10.1. The Labute approximate surface area is 221 Å². The Morgan fingerprint density at radius 2 is 1.73 bits per heavy atom. The van der Waals surface area contributed by atoms with Gasteiger partial charge in [-0.15, -0.1) is 15.0 Å². The van der Waals surface area contributed by atoms with E-state index in [0.29, 0.717) is 25.2 Å². The second-order valence-electron chi connectivity index (χ2n) is 8.89. The van der Waals surface area contributed by atoms with Gasteiger partial charge in [-0.25, -0.2) is 0 Å². The van der Waals surface area contributed by atoms with Crippen molar-refractivity contribution in [1.82, 2.24) is 20.2 Å². The Balaban J connectivity index is 1.31. The molecule has 1 aliphatic heterocycles. The van der Waals surface area contributed by atoms with E-state index in [0.717, 1.165) is 35.9 Å². The van der Waals surface area contributed by atoms with E-state index in [2.05, 4.69) is 81.5 Å². The molecule has 1 aromatic heterocycles. The summed E-state index contributed by atoms with van der Waals surface area (Å²) in [6, 6.07) is 22.5. The van der Waals surface area contributed by atoms with Crippen molar-refractivity contribution in [2.75, 3.05) is 36.5 Å². The average Bonchev–Trinajstić information content (AvgIpc) is 3.42. The van der Waals surface area contributed by atoms with Crippen LogP contribution in [0.4, 0.5) is 17.1 Å². The van der Waals surface area contributed by atoms with Gasteiger partial charge in [0.1, 0.15) is 5.75 Å². The van der Waals surface area contributed by atoms with Gasteiger partial charge in [-0.3, -0.25) is 0 Å². The molecule has 1 atom stereocenters. The normalized spacial score (nSPS) is 13.1. The number of rotatable bonds is 10. The first-order chi connectivity index (χ1) is 18.1. The Kier molecular flexibility index (Phi) is 7.62. The molecule has 9 heteroatoms. The number of fused-ring (bicyclic) bond motifs is 2. The van der Waals surface area contributed by atoms with Crippen LogP contribution in [0.1, 0.15) is 26.1 Å². The fourth-order valence-electron chi connectivity index (χ4n) is 4.57. The summed E-state index contributed by atoms with van der Waals surface area (Å²) in [5.41, 5.74) is 4.26. The Bertz CT molecular complexity index is 1340. The lowest BCUT2D eigenvalue weighted by Crippen LogP contribution is -2.31. The minimum atomic E-state index is -0.561. The zero-order valence-corrected chi connectivity index (χ0v) is 22.2. The lowest BCUT2D eigenvalue weighted by molar-refractivity contribution is 0.172. The number of para-hydroxylation sites is 1. The maximum atomic E-state index is 11.1. The predicted octanol–water partition coefficient (Wildman–Crippen LogP) is 5.11. The molecule has 37 heavy (non-hydrogen) atoms. The molecule has 0 bridgehead atoms. The van der Waals surface area contributed by atoms with Crippen LogP contribution in [0.3, 0.4) is 0 Å². The molecule has 3 aromatic carbocycles. The highest BCUT2D eigenvalue weighted by Gasteiger charge is 2.26. The van der Waals surface area contributed by atoms with Gasteiger partial charge in [0.05, 0.1) is 30.3 Å². The highest BCUT2D eigenvalue weighted by atomic mass is 32.2. The van der Waals surface area contributed by atoms with Crippen LogP contribution in [0.25, 0.3) is 5.69 Å². The van der Waals surface area contributed by atoms with E-state index < -0.39 is 6.10 Å². The van der Waals surface area contributed by atoms with Crippen molar-refractivity contribution in [2.45, 2.75) is 42.6 Å². The Morgan fingerprint density at radius 3 is 2.49 bits per heavy atom. The molecule has 2 heterocycles. The summed E-state index contributed by atoms with van der Waals surface area (Å²) < 4.78 is 5.21. The number of β-amino-alcohol motifs (C(OH)–C–C–N with tert-alkyl or cyclic N) is 1. The topological polar surface area (TPSA) is 79.5 Å². The number of benzene rings is 3. The summed E-state index contributed by atoms with van der Waals surface area (Å²) >= 11 is 1.78. The van der Waals surface area contributed by atoms with Gasteiger partial charge in [0.15, 0.2) is 5.82 Å². The van der Waals surface area contributed by atoms with Crippen LogP contribution in [0, 0.1) is 0 Å². The number of aryl methyl sites for hydroxylation is 1. The van der Waals surface area contributed by atoms with Crippen LogP contribution in [-0.2, 0) is 6.42 Å². The summed E-state index contributed by atoms with van der Waals surface area (Å²) in [6.45, 7) is 6.73. The van der Waals surface area contributed by atoms with Gasteiger partial charge in [0, 0.05) is 41.5 Å². The van der Waals surface area contributed by atoms with Crippen LogP contribution in [0.2, 0.25) is 0 Å². The third kappa shape index (κ3) is 5.42. The maximum absolute atomic E-state index is 11.1. The third-order valence-corrected chi connectivity index (χ3v) is 7.72. The van der Waals surface area contributed by atoms with E-state index in [4.69, 9.17) is 4.74 Å². The lowest BCUT2D eigenvalue weighted by Gasteiger charge is -2.35. The van der Waals surface area contributed by atoms with Gasteiger partial charge in [-0.2, -0.15) is 0 Å². The second kappa shape index (κ2) is 11.2. The molecule has 0 fully saturated rings. The fourth-order valence-corrected chi connectivity index (χ4v) is 5.64. The molecule has 0 spiro atoms. The van der Waals surface area contributed by atoms with E-state index in [1.165, 1.54) is 20.3 Å². The van der Waals surface area contributed by atoms with Crippen LogP contribution < -0.4 is 14.5 Å². The van der Waals surface area contributed by atoms with E-state index in [1.54, 1.807) is 18.9 Å². The SMILES string of the molecule is CCN(CC)c1ccc2c(c1)N(C[C@H](O)CCc1nnn(-c3ccc(OC)cc3)n1)c1ccccc1S2. The summed E-state index contributed by atoms with van der Waals surface area (Å²) in [7, 11) is 1.63. The van der Waals surface area contributed by atoms with E-state index in [-0.39, 0.29) is 0 Å². The number of methoxy groups -OCH3 is 1. The van der Waals surface area contributed by atoms with Gasteiger partial charge in [-0.1, -0.05) is 23.9 Å². The van der Waals surface area contributed by atoms with Crippen LogP contribution in [0.5, 0.6) is 5.75 Å².